The predicted octanol–water partition coefficient (Wildman–Crippen LogP) is 3.52. The molecule has 1 aromatic heterocycles. The maximum atomic E-state index is 12.8. The first-order chi connectivity index (χ1) is 14.5. The summed E-state index contributed by atoms with van der Waals surface area (Å²) in [5, 5.41) is 0. The number of benzene rings is 2. The smallest absolute Gasteiger partial charge is 0.279 e. The van der Waals surface area contributed by atoms with Crippen molar-refractivity contribution in [3.8, 4) is 5.75 Å². The average Bonchev–Trinajstić information content (AvgIpc) is 3.27. The predicted molar refractivity (Wildman–Crippen MR) is 115 cm³/mol. The van der Waals surface area contributed by atoms with Gasteiger partial charge in [0.05, 0.1) is 23.0 Å². The van der Waals surface area contributed by atoms with Crippen molar-refractivity contribution < 1.29 is 19.1 Å². The molecule has 0 N–H and O–H groups in total. The van der Waals surface area contributed by atoms with Gasteiger partial charge in [-0.1, -0.05) is 18.3 Å². The number of carbonyl (C=O) groups is 3. The minimum Gasteiger partial charge on any atom is -0.497 e. The van der Waals surface area contributed by atoms with Gasteiger partial charge in [0.15, 0.2) is 4.80 Å². The van der Waals surface area contributed by atoms with Crippen LogP contribution in [0.2, 0.25) is 0 Å². The molecular formula is C22H21N3O4S. The number of anilines is 1. The lowest BCUT2D eigenvalue weighted by atomic mass is 10.2. The second kappa shape index (κ2) is 8.23. The van der Waals surface area contributed by atoms with E-state index in [0.29, 0.717) is 16.1 Å². The molecule has 0 saturated carbocycles. The zero-order valence-corrected chi connectivity index (χ0v) is 17.6. The Bertz CT molecular complexity index is 1190. The number of imide groups is 1. The number of aryl methyl sites for hydroxylation is 1. The Labute approximate surface area is 177 Å². The van der Waals surface area contributed by atoms with E-state index in [2.05, 4.69) is 11.9 Å². The van der Waals surface area contributed by atoms with Crippen LogP contribution in [0.1, 0.15) is 36.5 Å². The SMILES string of the molecule is CCCn1c(=NC(=O)c2ccc(N3C(=O)CCC3=O)cc2)sc2cc(OC)ccc21. The molecule has 0 unspecified atom stereocenters. The van der Waals surface area contributed by atoms with Crippen molar-refractivity contribution in [2.24, 2.45) is 4.99 Å². The Morgan fingerprint density at radius 3 is 2.43 bits per heavy atom. The first-order valence-electron chi connectivity index (χ1n) is 9.74. The summed E-state index contributed by atoms with van der Waals surface area (Å²) in [5.74, 6) is -0.0500. The summed E-state index contributed by atoms with van der Waals surface area (Å²) in [6.45, 7) is 2.82. The molecule has 30 heavy (non-hydrogen) atoms. The fraction of sp³-hybridized carbons (Fsp3) is 0.273. The molecule has 1 aliphatic heterocycles. The van der Waals surface area contributed by atoms with Crippen molar-refractivity contribution in [2.75, 3.05) is 12.0 Å². The number of aromatic nitrogens is 1. The van der Waals surface area contributed by atoms with Crippen LogP contribution in [-0.2, 0) is 16.1 Å². The number of rotatable bonds is 5. The quantitative estimate of drug-likeness (QED) is 0.588. The molecule has 0 bridgehead atoms. The van der Waals surface area contributed by atoms with Crippen molar-refractivity contribution in [1.29, 1.82) is 0 Å². The largest absolute Gasteiger partial charge is 0.497 e. The third-order valence-corrected chi connectivity index (χ3v) is 6.00. The van der Waals surface area contributed by atoms with E-state index in [1.807, 2.05) is 22.8 Å². The molecule has 0 radical (unpaired) electrons. The highest BCUT2D eigenvalue weighted by molar-refractivity contribution is 7.16. The van der Waals surface area contributed by atoms with Crippen molar-refractivity contribution >= 4 is 45.0 Å². The van der Waals surface area contributed by atoms with Crippen molar-refractivity contribution in [1.82, 2.24) is 4.57 Å². The molecule has 3 aromatic rings. The number of fused-ring (bicyclic) bond motifs is 1. The lowest BCUT2D eigenvalue weighted by molar-refractivity contribution is -0.121. The van der Waals surface area contributed by atoms with Gasteiger partial charge in [0, 0.05) is 24.9 Å². The second-order valence-corrected chi connectivity index (χ2v) is 7.97. The topological polar surface area (TPSA) is 81.0 Å². The molecule has 0 spiro atoms. The number of hydrogen-bond acceptors (Lipinski definition) is 5. The minimum atomic E-state index is -0.371. The van der Waals surface area contributed by atoms with E-state index in [1.54, 1.807) is 31.4 Å². The van der Waals surface area contributed by atoms with Crippen LogP contribution < -0.4 is 14.4 Å². The number of amides is 3. The van der Waals surface area contributed by atoms with Crippen LogP contribution in [0, 0.1) is 0 Å². The average molecular weight is 423 g/mol. The summed E-state index contributed by atoms with van der Waals surface area (Å²) in [7, 11) is 1.62. The standard InChI is InChI=1S/C22H21N3O4S/c1-3-12-24-17-9-8-16(29-2)13-18(17)30-22(24)23-21(28)14-4-6-15(7-5-14)25-19(26)10-11-20(25)27/h4-9,13H,3,10-12H2,1-2H3. The van der Waals surface area contributed by atoms with E-state index < -0.39 is 0 Å². The molecular weight excluding hydrogens is 402 g/mol. The van der Waals surface area contributed by atoms with Crippen LogP contribution in [0.15, 0.2) is 47.5 Å². The zero-order chi connectivity index (χ0) is 21.3. The van der Waals surface area contributed by atoms with E-state index >= 15 is 0 Å². The van der Waals surface area contributed by atoms with Crippen LogP contribution in [-0.4, -0.2) is 29.4 Å². The molecule has 0 atom stereocenters. The van der Waals surface area contributed by atoms with Gasteiger partial charge in [-0.15, -0.1) is 0 Å². The third-order valence-electron chi connectivity index (χ3n) is 4.96. The minimum absolute atomic E-state index is 0.218. The van der Waals surface area contributed by atoms with Gasteiger partial charge in [0.2, 0.25) is 11.8 Å². The van der Waals surface area contributed by atoms with Gasteiger partial charge in [0.25, 0.3) is 5.91 Å². The summed E-state index contributed by atoms with van der Waals surface area (Å²) in [6, 6.07) is 12.2. The summed E-state index contributed by atoms with van der Waals surface area (Å²) in [6.07, 6.45) is 1.36. The fourth-order valence-electron chi connectivity index (χ4n) is 3.47. The van der Waals surface area contributed by atoms with Gasteiger partial charge in [-0.25, -0.2) is 0 Å². The monoisotopic (exact) mass is 423 g/mol. The maximum Gasteiger partial charge on any atom is 0.279 e. The van der Waals surface area contributed by atoms with Gasteiger partial charge < -0.3 is 9.30 Å². The number of hydrogen-bond donors (Lipinski definition) is 0. The fourth-order valence-corrected chi connectivity index (χ4v) is 4.56. The Hall–Kier alpha value is -3.26. The van der Waals surface area contributed by atoms with Crippen LogP contribution >= 0.6 is 11.3 Å². The molecule has 4 rings (SSSR count). The van der Waals surface area contributed by atoms with Crippen molar-refractivity contribution in [3.63, 3.8) is 0 Å². The number of carbonyl (C=O) groups excluding carboxylic acids is 3. The normalized spacial score (nSPS) is 14.7. The molecule has 0 aliphatic carbocycles. The Balaban J connectivity index is 1.68. The highest BCUT2D eigenvalue weighted by Crippen LogP contribution is 2.24. The van der Waals surface area contributed by atoms with E-state index in [9.17, 15) is 14.4 Å². The van der Waals surface area contributed by atoms with E-state index in [-0.39, 0.29) is 30.6 Å². The number of nitrogens with zero attached hydrogens (tertiary/aromatic N) is 3. The Morgan fingerprint density at radius 2 is 1.80 bits per heavy atom. The Kier molecular flexibility index (Phi) is 5.50. The molecule has 3 amide bonds. The van der Waals surface area contributed by atoms with Gasteiger partial charge in [-0.2, -0.15) is 4.99 Å². The zero-order valence-electron chi connectivity index (χ0n) is 16.8. The van der Waals surface area contributed by atoms with Gasteiger partial charge in [-0.3, -0.25) is 19.3 Å². The lowest BCUT2D eigenvalue weighted by Gasteiger charge is -2.13. The molecule has 8 heteroatoms. The molecule has 7 nitrogen and oxygen atoms in total. The summed E-state index contributed by atoms with van der Waals surface area (Å²) < 4.78 is 8.33. The molecule has 1 saturated heterocycles. The lowest BCUT2D eigenvalue weighted by Crippen LogP contribution is -2.28. The first kappa shape index (κ1) is 20.0. The van der Waals surface area contributed by atoms with Crippen molar-refractivity contribution in [2.45, 2.75) is 32.7 Å². The van der Waals surface area contributed by atoms with Crippen LogP contribution in [0.5, 0.6) is 5.75 Å². The Morgan fingerprint density at radius 1 is 1.10 bits per heavy atom. The first-order valence-corrected chi connectivity index (χ1v) is 10.6. The number of methoxy groups -OCH3 is 1. The molecule has 2 aromatic carbocycles. The third kappa shape index (κ3) is 3.66. The highest BCUT2D eigenvalue weighted by Gasteiger charge is 2.30. The van der Waals surface area contributed by atoms with Gasteiger partial charge in [-0.05, 0) is 48.9 Å². The van der Waals surface area contributed by atoms with Crippen molar-refractivity contribution in [3.05, 3.63) is 52.8 Å². The van der Waals surface area contributed by atoms with Gasteiger partial charge >= 0.3 is 0 Å². The number of ether oxygens (including phenoxy) is 1. The molecule has 1 fully saturated rings. The molecule has 1 aliphatic rings. The van der Waals surface area contributed by atoms with Gasteiger partial charge in [0.1, 0.15) is 5.75 Å². The van der Waals surface area contributed by atoms with Crippen LogP contribution in [0.25, 0.3) is 10.2 Å². The summed E-state index contributed by atoms with van der Waals surface area (Å²) in [5.41, 5.74) is 1.89. The molecule has 154 valence electrons. The summed E-state index contributed by atoms with van der Waals surface area (Å²) >= 11 is 1.44. The molecule has 2 heterocycles. The highest BCUT2D eigenvalue weighted by atomic mass is 32.1. The maximum absolute atomic E-state index is 12.8. The van der Waals surface area contributed by atoms with Crippen LogP contribution in [0.4, 0.5) is 5.69 Å². The van der Waals surface area contributed by atoms with E-state index in [0.717, 1.165) is 28.9 Å². The second-order valence-electron chi connectivity index (χ2n) is 6.96. The number of thiazole rings is 1. The van der Waals surface area contributed by atoms with E-state index in [4.69, 9.17) is 4.74 Å². The van der Waals surface area contributed by atoms with E-state index in [1.165, 1.54) is 16.2 Å². The van der Waals surface area contributed by atoms with Crippen LogP contribution in [0.3, 0.4) is 0 Å². The summed E-state index contributed by atoms with van der Waals surface area (Å²) in [4.78, 5) is 42.7.